The lowest BCUT2D eigenvalue weighted by Gasteiger charge is -2.23. The highest BCUT2D eigenvalue weighted by Crippen LogP contribution is 2.32. The molecule has 3 aromatic carbocycles. The number of nitrogens with one attached hydrogen (secondary N) is 2. The molecule has 0 bridgehead atoms. The molecule has 0 spiro atoms. The highest BCUT2D eigenvalue weighted by Gasteiger charge is 2.26. The normalized spacial score (nSPS) is 12.3. The van der Waals surface area contributed by atoms with Crippen molar-refractivity contribution in [1.82, 2.24) is 19.9 Å². The summed E-state index contributed by atoms with van der Waals surface area (Å²) < 4.78 is 0. The van der Waals surface area contributed by atoms with Crippen LogP contribution in [0.2, 0.25) is 0 Å². The first-order valence-electron chi connectivity index (χ1n) is 12.0. The minimum absolute atomic E-state index is 0.0806. The Morgan fingerprint density at radius 2 is 1.39 bits per heavy atom. The molecule has 0 aliphatic rings. The van der Waals surface area contributed by atoms with Gasteiger partial charge in [-0.05, 0) is 65.8 Å². The number of fused-ring (bicyclic) bond motifs is 2. The van der Waals surface area contributed by atoms with E-state index in [0.29, 0.717) is 5.92 Å². The number of benzene rings is 3. The molecule has 5 rings (SSSR count). The van der Waals surface area contributed by atoms with E-state index in [-0.39, 0.29) is 5.41 Å². The quantitative estimate of drug-likeness (QED) is 0.283. The van der Waals surface area contributed by atoms with Gasteiger partial charge in [-0.2, -0.15) is 0 Å². The van der Waals surface area contributed by atoms with Crippen LogP contribution in [0.25, 0.3) is 44.6 Å². The van der Waals surface area contributed by atoms with Gasteiger partial charge in [0.25, 0.3) is 0 Å². The molecule has 0 saturated heterocycles. The average molecular weight is 437 g/mol. The third kappa shape index (κ3) is 3.84. The molecule has 5 aromatic rings. The van der Waals surface area contributed by atoms with E-state index in [0.717, 1.165) is 52.1 Å². The van der Waals surface area contributed by atoms with Crippen LogP contribution in [0.15, 0.2) is 60.7 Å². The third-order valence-corrected chi connectivity index (χ3v) is 7.26. The summed E-state index contributed by atoms with van der Waals surface area (Å²) in [5, 5.41) is 0. The Morgan fingerprint density at radius 3 is 2.03 bits per heavy atom. The van der Waals surface area contributed by atoms with Gasteiger partial charge in [0.15, 0.2) is 0 Å². The fraction of sp³-hybridized carbons (Fsp3) is 0.310. The van der Waals surface area contributed by atoms with Crippen molar-refractivity contribution in [3.8, 4) is 22.5 Å². The Morgan fingerprint density at radius 1 is 0.758 bits per heavy atom. The van der Waals surface area contributed by atoms with Crippen LogP contribution in [0.1, 0.15) is 64.8 Å². The maximum absolute atomic E-state index is 4.90. The summed E-state index contributed by atoms with van der Waals surface area (Å²) in [6, 6.07) is 21.6. The lowest BCUT2D eigenvalue weighted by molar-refractivity contribution is 0.416. The molecule has 33 heavy (non-hydrogen) atoms. The molecule has 2 aromatic heterocycles. The van der Waals surface area contributed by atoms with Gasteiger partial charge in [-0.25, -0.2) is 9.97 Å². The lowest BCUT2D eigenvalue weighted by atomic mass is 9.84. The van der Waals surface area contributed by atoms with Gasteiger partial charge in [0.2, 0.25) is 0 Å². The summed E-state index contributed by atoms with van der Waals surface area (Å²) in [6.07, 6.45) is 2.13. The molecule has 0 aliphatic heterocycles. The fourth-order valence-corrected chi connectivity index (χ4v) is 4.43. The van der Waals surface area contributed by atoms with Crippen molar-refractivity contribution in [1.29, 1.82) is 0 Å². The van der Waals surface area contributed by atoms with Crippen molar-refractivity contribution in [2.75, 3.05) is 0 Å². The van der Waals surface area contributed by atoms with E-state index < -0.39 is 0 Å². The van der Waals surface area contributed by atoms with Crippen molar-refractivity contribution in [2.24, 2.45) is 0 Å². The van der Waals surface area contributed by atoms with E-state index in [1.54, 1.807) is 0 Å². The number of hydrogen-bond donors (Lipinski definition) is 2. The second-order valence-corrected chi connectivity index (χ2v) is 9.68. The summed E-state index contributed by atoms with van der Waals surface area (Å²) in [7, 11) is 0. The molecule has 4 heteroatoms. The van der Waals surface area contributed by atoms with Crippen LogP contribution in [0.3, 0.4) is 0 Å². The number of aromatic amines is 2. The van der Waals surface area contributed by atoms with Crippen LogP contribution in [0.5, 0.6) is 0 Å². The number of hydrogen-bond acceptors (Lipinski definition) is 2. The van der Waals surface area contributed by atoms with E-state index in [1.165, 1.54) is 16.7 Å². The molecule has 0 amide bonds. The SMILES string of the molecule is CCC(C)(CC)c1nc2ccc(-c3ccc4nc(-c5cccc(C(C)C)c5)[nH]c4c3)cc2[nH]1. The number of rotatable bonds is 6. The summed E-state index contributed by atoms with van der Waals surface area (Å²) in [5.74, 6) is 2.49. The monoisotopic (exact) mass is 436 g/mol. The largest absolute Gasteiger partial charge is 0.341 e. The number of H-pyrrole nitrogens is 2. The molecule has 0 aliphatic carbocycles. The average Bonchev–Trinajstić information content (AvgIpc) is 3.47. The molecule has 0 unspecified atom stereocenters. The molecule has 0 atom stereocenters. The maximum atomic E-state index is 4.90. The molecule has 0 fully saturated rings. The van der Waals surface area contributed by atoms with Crippen LogP contribution in [-0.4, -0.2) is 19.9 Å². The van der Waals surface area contributed by atoms with Gasteiger partial charge in [0.1, 0.15) is 11.6 Å². The maximum Gasteiger partial charge on any atom is 0.138 e. The van der Waals surface area contributed by atoms with Crippen molar-refractivity contribution in [3.63, 3.8) is 0 Å². The van der Waals surface area contributed by atoms with Crippen LogP contribution in [0.4, 0.5) is 0 Å². The third-order valence-electron chi connectivity index (χ3n) is 7.26. The molecule has 0 radical (unpaired) electrons. The van der Waals surface area contributed by atoms with Gasteiger partial charge in [-0.15, -0.1) is 0 Å². The molecular formula is C29H32N4. The Hall–Kier alpha value is -3.40. The van der Waals surface area contributed by atoms with Crippen LogP contribution >= 0.6 is 0 Å². The van der Waals surface area contributed by atoms with Crippen LogP contribution < -0.4 is 0 Å². The van der Waals surface area contributed by atoms with Crippen LogP contribution in [0, 0.1) is 0 Å². The molecule has 2 N–H and O–H groups in total. The summed E-state index contributed by atoms with van der Waals surface area (Å²) in [5.41, 5.74) is 9.01. The number of nitrogens with zero attached hydrogens (tertiary/aromatic N) is 2. The van der Waals surface area contributed by atoms with E-state index in [4.69, 9.17) is 9.97 Å². The van der Waals surface area contributed by atoms with E-state index >= 15 is 0 Å². The highest BCUT2D eigenvalue weighted by molar-refractivity contribution is 5.87. The molecule has 0 saturated carbocycles. The van der Waals surface area contributed by atoms with Gasteiger partial charge in [-0.1, -0.05) is 65.0 Å². The lowest BCUT2D eigenvalue weighted by Crippen LogP contribution is -2.21. The van der Waals surface area contributed by atoms with Crippen molar-refractivity contribution in [3.05, 3.63) is 72.1 Å². The summed E-state index contributed by atoms with van der Waals surface area (Å²) >= 11 is 0. The minimum atomic E-state index is 0.0806. The Labute approximate surface area is 195 Å². The predicted octanol–water partition coefficient (Wildman–Crippen LogP) is 7.97. The van der Waals surface area contributed by atoms with Gasteiger partial charge >= 0.3 is 0 Å². The number of imidazole rings is 2. The van der Waals surface area contributed by atoms with E-state index in [1.807, 2.05) is 0 Å². The molecular weight excluding hydrogens is 404 g/mol. The van der Waals surface area contributed by atoms with Crippen molar-refractivity contribution >= 4 is 22.1 Å². The summed E-state index contributed by atoms with van der Waals surface area (Å²) in [6.45, 7) is 11.2. The van der Waals surface area contributed by atoms with E-state index in [9.17, 15) is 0 Å². The zero-order valence-corrected chi connectivity index (χ0v) is 20.2. The highest BCUT2D eigenvalue weighted by atomic mass is 14.9. The molecule has 2 heterocycles. The fourth-order valence-electron chi connectivity index (χ4n) is 4.43. The standard InChI is InChI=1S/C29H32N4/c1-6-29(5,7-2)28-32-24-14-12-21(17-26(24)33-28)20-11-13-23-25(16-20)31-27(30-23)22-10-8-9-19(15-22)18(3)4/h8-18H,6-7H2,1-5H3,(H,30,31)(H,32,33). The molecule has 168 valence electrons. The Balaban J connectivity index is 1.52. The van der Waals surface area contributed by atoms with Gasteiger partial charge < -0.3 is 9.97 Å². The topological polar surface area (TPSA) is 57.4 Å². The second-order valence-electron chi connectivity index (χ2n) is 9.68. The predicted molar refractivity (Wildman–Crippen MR) is 139 cm³/mol. The number of aromatic nitrogens is 4. The first kappa shape index (κ1) is 21.4. The van der Waals surface area contributed by atoms with E-state index in [2.05, 4.69) is 105 Å². The second kappa shape index (κ2) is 8.18. The van der Waals surface area contributed by atoms with Gasteiger partial charge in [0.05, 0.1) is 22.1 Å². The zero-order chi connectivity index (χ0) is 23.2. The Kier molecular flexibility index (Phi) is 5.32. The molecule has 4 nitrogen and oxygen atoms in total. The Bertz CT molecular complexity index is 1430. The zero-order valence-electron chi connectivity index (χ0n) is 20.2. The minimum Gasteiger partial charge on any atom is -0.341 e. The smallest absolute Gasteiger partial charge is 0.138 e. The van der Waals surface area contributed by atoms with Crippen molar-refractivity contribution in [2.45, 2.75) is 58.8 Å². The van der Waals surface area contributed by atoms with Crippen LogP contribution in [-0.2, 0) is 5.41 Å². The van der Waals surface area contributed by atoms with Gasteiger partial charge in [-0.3, -0.25) is 0 Å². The van der Waals surface area contributed by atoms with Gasteiger partial charge in [0, 0.05) is 11.0 Å². The van der Waals surface area contributed by atoms with Crippen molar-refractivity contribution < 1.29 is 0 Å². The first-order valence-corrected chi connectivity index (χ1v) is 12.0. The summed E-state index contributed by atoms with van der Waals surface area (Å²) in [4.78, 5) is 16.9. The first-order chi connectivity index (χ1) is 15.9.